The van der Waals surface area contributed by atoms with Gasteiger partial charge in [0, 0.05) is 32.3 Å². The molecule has 0 aliphatic heterocycles. The summed E-state index contributed by atoms with van der Waals surface area (Å²) in [5.74, 6) is 0.155. The first kappa shape index (κ1) is 17.9. The van der Waals surface area contributed by atoms with Crippen LogP contribution in [0.2, 0.25) is 0 Å². The van der Waals surface area contributed by atoms with Crippen molar-refractivity contribution in [1.29, 1.82) is 0 Å². The predicted octanol–water partition coefficient (Wildman–Crippen LogP) is 1.73. The molecule has 0 atom stereocenters. The fourth-order valence-corrected chi connectivity index (χ4v) is 5.15. The maximum Gasteiger partial charge on any atom is 0.214 e. The van der Waals surface area contributed by atoms with E-state index in [2.05, 4.69) is 0 Å². The van der Waals surface area contributed by atoms with Crippen molar-refractivity contribution in [3.63, 3.8) is 0 Å². The van der Waals surface area contributed by atoms with E-state index in [4.69, 9.17) is 10.5 Å². The minimum absolute atomic E-state index is 0.155. The zero-order valence-corrected chi connectivity index (χ0v) is 13.8. The molecule has 0 unspecified atom stereocenters. The van der Waals surface area contributed by atoms with E-state index in [0.29, 0.717) is 26.1 Å². The van der Waals surface area contributed by atoms with Crippen LogP contribution >= 0.6 is 0 Å². The minimum Gasteiger partial charge on any atom is -0.385 e. The van der Waals surface area contributed by atoms with Gasteiger partial charge < -0.3 is 10.5 Å². The maximum absolute atomic E-state index is 12.7. The molecule has 5 nitrogen and oxygen atoms in total. The van der Waals surface area contributed by atoms with Gasteiger partial charge in [0.05, 0.1) is 5.75 Å². The molecule has 1 fully saturated rings. The van der Waals surface area contributed by atoms with Gasteiger partial charge >= 0.3 is 0 Å². The van der Waals surface area contributed by atoms with Crippen molar-refractivity contribution < 1.29 is 13.2 Å². The van der Waals surface area contributed by atoms with E-state index in [-0.39, 0.29) is 11.3 Å². The molecule has 1 rings (SSSR count). The predicted molar refractivity (Wildman–Crippen MR) is 82.1 cm³/mol. The molecule has 0 heterocycles. The Kier molecular flexibility index (Phi) is 7.43. The summed E-state index contributed by atoms with van der Waals surface area (Å²) in [6.45, 7) is 3.50. The summed E-state index contributed by atoms with van der Waals surface area (Å²) in [5.41, 5.74) is 5.64. The first-order valence-electron chi connectivity index (χ1n) is 7.72. The Hall–Kier alpha value is -0.170. The van der Waals surface area contributed by atoms with Crippen LogP contribution < -0.4 is 5.73 Å². The average Bonchev–Trinajstić information content (AvgIpc) is 2.45. The highest BCUT2D eigenvalue weighted by Gasteiger charge is 2.42. The zero-order chi connectivity index (χ0) is 15.1. The zero-order valence-electron chi connectivity index (χ0n) is 12.9. The SMILES string of the molecule is CCCN(C1(CN)CCCCC1)S(=O)(=O)CCCOC. The summed E-state index contributed by atoms with van der Waals surface area (Å²) in [5, 5.41) is 0. The quantitative estimate of drug-likeness (QED) is 0.658. The van der Waals surface area contributed by atoms with E-state index in [1.54, 1.807) is 11.4 Å². The van der Waals surface area contributed by atoms with E-state index < -0.39 is 10.0 Å². The van der Waals surface area contributed by atoms with E-state index in [1.165, 1.54) is 6.42 Å². The van der Waals surface area contributed by atoms with Crippen molar-refractivity contribution in [2.75, 3.05) is 32.6 Å². The number of rotatable bonds is 9. The molecule has 0 aromatic rings. The molecule has 2 N–H and O–H groups in total. The lowest BCUT2D eigenvalue weighted by Gasteiger charge is -2.45. The van der Waals surface area contributed by atoms with E-state index in [9.17, 15) is 8.42 Å². The maximum atomic E-state index is 12.7. The Labute approximate surface area is 123 Å². The van der Waals surface area contributed by atoms with Crippen molar-refractivity contribution >= 4 is 10.0 Å². The van der Waals surface area contributed by atoms with Crippen LogP contribution in [-0.2, 0) is 14.8 Å². The van der Waals surface area contributed by atoms with Crippen molar-refractivity contribution in [1.82, 2.24) is 4.31 Å². The van der Waals surface area contributed by atoms with Crippen LogP contribution in [-0.4, -0.2) is 50.8 Å². The third kappa shape index (κ3) is 4.41. The van der Waals surface area contributed by atoms with Crippen molar-refractivity contribution in [3.8, 4) is 0 Å². The van der Waals surface area contributed by atoms with Crippen LogP contribution in [0.4, 0.5) is 0 Å². The van der Waals surface area contributed by atoms with Crippen molar-refractivity contribution in [2.24, 2.45) is 5.73 Å². The number of nitrogens with zero attached hydrogens (tertiary/aromatic N) is 1. The number of ether oxygens (including phenoxy) is 1. The summed E-state index contributed by atoms with van der Waals surface area (Å²) in [4.78, 5) is 0. The molecule has 120 valence electrons. The first-order valence-corrected chi connectivity index (χ1v) is 9.33. The monoisotopic (exact) mass is 306 g/mol. The van der Waals surface area contributed by atoms with Crippen LogP contribution in [0.3, 0.4) is 0 Å². The molecule has 0 spiro atoms. The summed E-state index contributed by atoms with van der Waals surface area (Å²) >= 11 is 0. The van der Waals surface area contributed by atoms with Gasteiger partial charge in [0.25, 0.3) is 0 Å². The highest BCUT2D eigenvalue weighted by molar-refractivity contribution is 7.89. The molecule has 1 aliphatic carbocycles. The van der Waals surface area contributed by atoms with Gasteiger partial charge in [-0.1, -0.05) is 26.2 Å². The van der Waals surface area contributed by atoms with Gasteiger partial charge in [-0.15, -0.1) is 0 Å². The molecule has 0 aromatic carbocycles. The highest BCUT2D eigenvalue weighted by Crippen LogP contribution is 2.35. The van der Waals surface area contributed by atoms with Gasteiger partial charge in [-0.2, -0.15) is 4.31 Å². The van der Waals surface area contributed by atoms with Crippen molar-refractivity contribution in [2.45, 2.75) is 57.4 Å². The number of methoxy groups -OCH3 is 1. The molecule has 0 amide bonds. The van der Waals surface area contributed by atoms with Crippen LogP contribution in [0.25, 0.3) is 0 Å². The van der Waals surface area contributed by atoms with Crippen LogP contribution in [0, 0.1) is 0 Å². The number of sulfonamides is 1. The normalized spacial score (nSPS) is 19.4. The number of nitrogens with two attached hydrogens (primary N) is 1. The summed E-state index contributed by atoms with van der Waals surface area (Å²) in [7, 11) is -1.66. The van der Waals surface area contributed by atoms with Gasteiger partial charge in [-0.05, 0) is 25.7 Å². The minimum atomic E-state index is -3.25. The second kappa shape index (κ2) is 8.32. The average molecular weight is 306 g/mol. The lowest BCUT2D eigenvalue weighted by atomic mass is 9.81. The summed E-state index contributed by atoms with van der Waals surface area (Å²) < 4.78 is 32.0. The molecule has 1 saturated carbocycles. The Morgan fingerprint density at radius 2 is 1.90 bits per heavy atom. The highest BCUT2D eigenvalue weighted by atomic mass is 32.2. The van der Waals surface area contributed by atoms with Gasteiger partial charge in [0.2, 0.25) is 10.0 Å². The summed E-state index contributed by atoms with van der Waals surface area (Å²) in [6.07, 6.45) is 6.49. The Morgan fingerprint density at radius 1 is 1.25 bits per heavy atom. The lowest BCUT2D eigenvalue weighted by Crippen LogP contribution is -2.57. The molecule has 1 aliphatic rings. The summed E-state index contributed by atoms with van der Waals surface area (Å²) in [6, 6.07) is 0. The first-order chi connectivity index (χ1) is 9.52. The number of hydrogen-bond acceptors (Lipinski definition) is 4. The third-order valence-corrected chi connectivity index (χ3v) is 6.25. The van der Waals surface area contributed by atoms with Gasteiger partial charge in [-0.25, -0.2) is 8.42 Å². The third-order valence-electron chi connectivity index (χ3n) is 4.21. The lowest BCUT2D eigenvalue weighted by molar-refractivity contribution is 0.135. The second-order valence-electron chi connectivity index (χ2n) is 5.72. The van der Waals surface area contributed by atoms with Crippen LogP contribution in [0.1, 0.15) is 51.9 Å². The van der Waals surface area contributed by atoms with E-state index >= 15 is 0 Å². The van der Waals surface area contributed by atoms with E-state index in [1.807, 2.05) is 6.92 Å². The Balaban J connectivity index is 2.89. The van der Waals surface area contributed by atoms with Gasteiger partial charge in [-0.3, -0.25) is 0 Å². The second-order valence-corrected chi connectivity index (χ2v) is 7.74. The van der Waals surface area contributed by atoms with E-state index in [0.717, 1.165) is 32.1 Å². The molecule has 0 saturated heterocycles. The molecule has 0 aromatic heterocycles. The molecule has 20 heavy (non-hydrogen) atoms. The topological polar surface area (TPSA) is 72.6 Å². The van der Waals surface area contributed by atoms with Gasteiger partial charge in [0.1, 0.15) is 0 Å². The van der Waals surface area contributed by atoms with Gasteiger partial charge in [0.15, 0.2) is 0 Å². The van der Waals surface area contributed by atoms with Crippen LogP contribution in [0.15, 0.2) is 0 Å². The molecule has 6 heteroatoms. The fourth-order valence-electron chi connectivity index (χ4n) is 3.14. The number of hydrogen-bond donors (Lipinski definition) is 1. The Morgan fingerprint density at radius 3 is 2.40 bits per heavy atom. The fraction of sp³-hybridized carbons (Fsp3) is 1.00. The molecule has 0 bridgehead atoms. The van der Waals surface area contributed by atoms with Crippen molar-refractivity contribution in [3.05, 3.63) is 0 Å². The largest absolute Gasteiger partial charge is 0.385 e. The molecular weight excluding hydrogens is 276 g/mol. The standard InChI is InChI=1S/C14H30N2O3S/c1-3-10-16(20(17,18)12-7-11-19-2)14(13-15)8-5-4-6-9-14/h3-13,15H2,1-2H3. The smallest absolute Gasteiger partial charge is 0.214 e. The Bertz CT molecular complexity index is 365. The van der Waals surface area contributed by atoms with Crippen LogP contribution in [0.5, 0.6) is 0 Å². The molecule has 0 radical (unpaired) electrons. The molecular formula is C14H30N2O3S.